The fourth-order valence-electron chi connectivity index (χ4n) is 5.37. The Labute approximate surface area is 298 Å². The molecule has 1 aliphatic heterocycles. The lowest BCUT2D eigenvalue weighted by molar-refractivity contribution is -0.0515. The standard InChI is InChI=1S/C36H38Cl2F2N2O8/c37-28-18-41-19-29(38)26(28)17-32(24-5-8-31(50-36(39)40)33(16-24)48-21-23-3-4-23)49-34(43)25-6-7-30(47-20-22-1-2-22)27(15-25)35(44)46-14-11-42-9-12-45-13-10-42/h5-8,15-16,18-19,22-23,32,36H,1-4,9-14,17,20-21H2/t32-/m0/s1. The zero-order valence-electron chi connectivity index (χ0n) is 27.3. The van der Waals surface area contributed by atoms with E-state index in [1.807, 2.05) is 0 Å². The molecule has 1 aromatic heterocycles. The zero-order valence-corrected chi connectivity index (χ0v) is 28.8. The third-order valence-electron chi connectivity index (χ3n) is 8.67. The van der Waals surface area contributed by atoms with Crippen molar-refractivity contribution < 1.29 is 46.8 Å². The average molecular weight is 736 g/mol. The van der Waals surface area contributed by atoms with Crippen LogP contribution in [0.4, 0.5) is 8.78 Å². The van der Waals surface area contributed by atoms with Crippen molar-refractivity contribution >= 4 is 35.1 Å². The summed E-state index contributed by atoms with van der Waals surface area (Å²) in [5, 5.41) is 0.501. The molecule has 1 saturated heterocycles. The first kappa shape index (κ1) is 36.1. The molecular weight excluding hydrogens is 697 g/mol. The van der Waals surface area contributed by atoms with E-state index in [-0.39, 0.29) is 45.7 Å². The summed E-state index contributed by atoms with van der Waals surface area (Å²) < 4.78 is 60.1. The van der Waals surface area contributed by atoms with Crippen LogP contribution in [0.15, 0.2) is 48.8 Å². The van der Waals surface area contributed by atoms with Crippen LogP contribution in [0.1, 0.15) is 63.6 Å². The third-order valence-corrected chi connectivity index (χ3v) is 9.32. The van der Waals surface area contributed by atoms with Crippen LogP contribution in [0.3, 0.4) is 0 Å². The van der Waals surface area contributed by atoms with Crippen molar-refractivity contribution in [3.05, 3.63) is 81.1 Å². The van der Waals surface area contributed by atoms with Gasteiger partial charge in [0.2, 0.25) is 0 Å². The van der Waals surface area contributed by atoms with Gasteiger partial charge in [-0.05, 0) is 79.0 Å². The molecule has 3 aliphatic rings. The molecule has 2 aliphatic carbocycles. The van der Waals surface area contributed by atoms with Gasteiger partial charge in [0.05, 0.1) is 42.0 Å². The molecule has 0 spiro atoms. The van der Waals surface area contributed by atoms with Crippen molar-refractivity contribution in [2.45, 2.75) is 44.8 Å². The molecule has 3 fully saturated rings. The number of morpholine rings is 1. The highest BCUT2D eigenvalue weighted by Crippen LogP contribution is 2.38. The number of esters is 2. The Morgan fingerprint density at radius 3 is 2.20 bits per heavy atom. The fourth-order valence-corrected chi connectivity index (χ4v) is 5.89. The molecule has 14 heteroatoms. The number of halogens is 4. The molecule has 50 heavy (non-hydrogen) atoms. The van der Waals surface area contributed by atoms with Crippen LogP contribution in [0.5, 0.6) is 17.2 Å². The lowest BCUT2D eigenvalue weighted by Gasteiger charge is -2.26. The number of benzene rings is 2. The Balaban J connectivity index is 1.25. The van der Waals surface area contributed by atoms with Gasteiger partial charge in [-0.15, -0.1) is 0 Å². The predicted octanol–water partition coefficient (Wildman–Crippen LogP) is 7.20. The number of nitrogens with zero attached hydrogens (tertiary/aromatic N) is 2. The molecule has 0 N–H and O–H groups in total. The van der Waals surface area contributed by atoms with Crippen molar-refractivity contribution in [2.24, 2.45) is 11.8 Å². The predicted molar refractivity (Wildman–Crippen MR) is 180 cm³/mol. The minimum Gasteiger partial charge on any atom is -0.492 e. The van der Waals surface area contributed by atoms with E-state index < -0.39 is 24.7 Å². The van der Waals surface area contributed by atoms with Gasteiger partial charge in [-0.25, -0.2) is 9.59 Å². The second kappa shape index (κ2) is 17.0. The zero-order chi connectivity index (χ0) is 35.0. The molecule has 0 radical (unpaired) electrons. The van der Waals surface area contributed by atoms with Crippen LogP contribution in [-0.2, 0) is 20.6 Å². The molecule has 10 nitrogen and oxygen atoms in total. The summed E-state index contributed by atoms with van der Waals surface area (Å²) in [4.78, 5) is 33.3. The molecule has 2 heterocycles. The minimum absolute atomic E-state index is 0.0159. The lowest BCUT2D eigenvalue weighted by Crippen LogP contribution is -2.38. The number of pyridine rings is 1. The van der Waals surface area contributed by atoms with E-state index in [9.17, 15) is 18.4 Å². The first-order valence-electron chi connectivity index (χ1n) is 16.7. The Hall–Kier alpha value is -3.71. The van der Waals surface area contributed by atoms with E-state index >= 15 is 0 Å². The third kappa shape index (κ3) is 10.2. The molecule has 6 rings (SSSR count). The second-order valence-corrected chi connectivity index (χ2v) is 13.4. The molecule has 2 aromatic carbocycles. The summed E-state index contributed by atoms with van der Waals surface area (Å²) >= 11 is 12.9. The Kier molecular flexibility index (Phi) is 12.3. The van der Waals surface area contributed by atoms with Crippen molar-refractivity contribution in [1.82, 2.24) is 9.88 Å². The van der Waals surface area contributed by atoms with E-state index in [1.54, 1.807) is 6.07 Å². The van der Waals surface area contributed by atoms with Gasteiger partial charge in [0.1, 0.15) is 24.0 Å². The van der Waals surface area contributed by atoms with Gasteiger partial charge in [-0.3, -0.25) is 9.88 Å². The topological polar surface area (TPSA) is 106 Å². The molecule has 3 aromatic rings. The summed E-state index contributed by atoms with van der Waals surface area (Å²) in [6.07, 6.45) is 5.92. The van der Waals surface area contributed by atoms with Crippen LogP contribution in [-0.4, -0.2) is 81.1 Å². The number of alkyl halides is 2. The van der Waals surface area contributed by atoms with E-state index in [0.717, 1.165) is 38.8 Å². The summed E-state index contributed by atoms with van der Waals surface area (Å²) in [7, 11) is 0. The molecule has 0 unspecified atom stereocenters. The largest absolute Gasteiger partial charge is 0.492 e. The van der Waals surface area contributed by atoms with Crippen LogP contribution >= 0.6 is 23.2 Å². The van der Waals surface area contributed by atoms with Crippen molar-refractivity contribution in [1.29, 1.82) is 0 Å². The van der Waals surface area contributed by atoms with Crippen molar-refractivity contribution in [3.63, 3.8) is 0 Å². The maximum Gasteiger partial charge on any atom is 0.387 e. The number of rotatable bonds is 17. The number of ether oxygens (including phenoxy) is 6. The first-order valence-corrected chi connectivity index (χ1v) is 17.4. The van der Waals surface area contributed by atoms with Crippen molar-refractivity contribution in [3.8, 4) is 17.2 Å². The summed E-state index contributed by atoms with van der Waals surface area (Å²) in [6.45, 7) is 1.17. The number of carbonyl (C=O) groups is 2. The van der Waals surface area contributed by atoms with Crippen LogP contribution in [0.2, 0.25) is 10.0 Å². The highest BCUT2D eigenvalue weighted by Gasteiger charge is 2.28. The van der Waals surface area contributed by atoms with Gasteiger partial charge in [-0.2, -0.15) is 8.78 Å². The average Bonchev–Trinajstić information content (AvgIpc) is 4.04. The number of hydrogen-bond donors (Lipinski definition) is 0. The number of carbonyl (C=O) groups excluding carboxylic acids is 2. The van der Waals surface area contributed by atoms with Crippen molar-refractivity contribution in [2.75, 3.05) is 52.7 Å². The molecular formula is C36H38Cl2F2N2O8. The van der Waals surface area contributed by atoms with Gasteiger partial charge >= 0.3 is 18.6 Å². The van der Waals surface area contributed by atoms with E-state index in [1.165, 1.54) is 42.7 Å². The first-order chi connectivity index (χ1) is 24.2. The smallest absolute Gasteiger partial charge is 0.387 e. The van der Waals surface area contributed by atoms with Gasteiger partial charge in [0.25, 0.3) is 0 Å². The molecule has 0 amide bonds. The number of aromatic nitrogens is 1. The molecule has 1 atom stereocenters. The number of hydrogen-bond acceptors (Lipinski definition) is 10. The summed E-state index contributed by atoms with van der Waals surface area (Å²) in [5.74, 6) is -0.386. The van der Waals surface area contributed by atoms with Crippen LogP contribution < -0.4 is 14.2 Å². The van der Waals surface area contributed by atoms with Crippen LogP contribution in [0, 0.1) is 11.8 Å². The minimum atomic E-state index is -3.07. The second-order valence-electron chi connectivity index (χ2n) is 12.6. The SMILES string of the molecule is O=C(O[C@@H](Cc1c(Cl)cncc1Cl)c1ccc(OC(F)F)c(OCC2CC2)c1)c1ccc(OCC2CC2)c(C(=O)OCCN2CCOCC2)c1. The quantitative estimate of drug-likeness (QED) is 0.132. The maximum atomic E-state index is 13.8. The molecule has 0 bridgehead atoms. The highest BCUT2D eigenvalue weighted by atomic mass is 35.5. The van der Waals surface area contributed by atoms with E-state index in [0.29, 0.717) is 61.7 Å². The molecule has 2 saturated carbocycles. The normalized spacial score (nSPS) is 16.9. The molecule has 268 valence electrons. The van der Waals surface area contributed by atoms with Gasteiger partial charge < -0.3 is 28.4 Å². The van der Waals surface area contributed by atoms with Gasteiger partial charge in [0, 0.05) is 38.4 Å². The fraction of sp³-hybridized carbons (Fsp3) is 0.472. The summed E-state index contributed by atoms with van der Waals surface area (Å²) in [6, 6.07) is 8.83. The summed E-state index contributed by atoms with van der Waals surface area (Å²) in [5.41, 5.74) is 1.05. The maximum absolute atomic E-state index is 13.8. The monoisotopic (exact) mass is 734 g/mol. The van der Waals surface area contributed by atoms with Gasteiger partial charge in [-0.1, -0.05) is 29.3 Å². The lowest BCUT2D eigenvalue weighted by atomic mass is 10.0. The van der Waals surface area contributed by atoms with Crippen LogP contribution in [0.25, 0.3) is 0 Å². The Morgan fingerprint density at radius 1 is 0.880 bits per heavy atom. The van der Waals surface area contributed by atoms with E-state index in [2.05, 4.69) is 9.88 Å². The highest BCUT2D eigenvalue weighted by molar-refractivity contribution is 6.35. The van der Waals surface area contributed by atoms with E-state index in [4.69, 9.17) is 51.6 Å². The Bertz CT molecular complexity index is 1630. The van der Waals surface area contributed by atoms with Gasteiger partial charge in [0.15, 0.2) is 11.5 Å². The Morgan fingerprint density at radius 2 is 1.54 bits per heavy atom.